The lowest BCUT2D eigenvalue weighted by atomic mass is 10.3. The molecule has 0 aliphatic rings. The van der Waals surface area contributed by atoms with Crippen LogP contribution in [0, 0.1) is 6.33 Å². The Morgan fingerprint density at radius 3 is 2.81 bits per heavy atom. The van der Waals surface area contributed by atoms with Crippen molar-refractivity contribution in [2.45, 2.75) is 0 Å². The summed E-state index contributed by atoms with van der Waals surface area (Å²) in [6.07, 6.45) is 8.20. The molecule has 77 valence electrons. The molecule has 1 aromatic carbocycles. The second-order valence-corrected chi connectivity index (χ2v) is 3.41. The van der Waals surface area contributed by atoms with Crippen LogP contribution in [-0.4, -0.2) is 19.7 Å². The van der Waals surface area contributed by atoms with E-state index in [9.17, 15) is 0 Å². The Labute approximate surface area is 92.6 Å². The van der Waals surface area contributed by atoms with E-state index < -0.39 is 0 Å². The SMILES string of the molecule is [c]1nc(-c2cnn(-c3ccccc3)c2)c[nH]1. The lowest BCUT2D eigenvalue weighted by Gasteiger charge is -1.98. The summed E-state index contributed by atoms with van der Waals surface area (Å²) >= 11 is 0. The van der Waals surface area contributed by atoms with Crippen LogP contribution >= 0.6 is 0 Å². The molecule has 0 spiro atoms. The van der Waals surface area contributed by atoms with E-state index in [4.69, 9.17) is 0 Å². The van der Waals surface area contributed by atoms with E-state index in [1.165, 1.54) is 0 Å². The van der Waals surface area contributed by atoms with Gasteiger partial charge in [0.2, 0.25) is 0 Å². The number of hydrogen-bond donors (Lipinski definition) is 1. The van der Waals surface area contributed by atoms with Gasteiger partial charge < -0.3 is 4.98 Å². The second-order valence-electron chi connectivity index (χ2n) is 3.41. The zero-order chi connectivity index (χ0) is 10.8. The number of nitrogens with one attached hydrogen (secondary N) is 1. The normalized spacial score (nSPS) is 10.5. The number of rotatable bonds is 2. The highest BCUT2D eigenvalue weighted by molar-refractivity contribution is 5.56. The molecule has 3 rings (SSSR count). The van der Waals surface area contributed by atoms with Gasteiger partial charge in [-0.3, -0.25) is 0 Å². The minimum atomic E-state index is 0.849. The number of hydrogen-bond acceptors (Lipinski definition) is 2. The topological polar surface area (TPSA) is 46.5 Å². The standard InChI is InChI=1S/C12H9N4/c1-2-4-11(5-3-1)16-8-10(6-15-16)12-7-13-9-14-12/h1-8H,(H,13,14). The van der Waals surface area contributed by atoms with Crippen LogP contribution in [0.3, 0.4) is 0 Å². The summed E-state index contributed by atoms with van der Waals surface area (Å²) in [7, 11) is 0. The third-order valence-electron chi connectivity index (χ3n) is 2.35. The maximum absolute atomic E-state index is 4.29. The Morgan fingerprint density at radius 2 is 2.06 bits per heavy atom. The quantitative estimate of drug-likeness (QED) is 0.702. The Kier molecular flexibility index (Phi) is 2.04. The summed E-state index contributed by atoms with van der Waals surface area (Å²) < 4.78 is 1.82. The van der Waals surface area contributed by atoms with Gasteiger partial charge >= 0.3 is 0 Å². The van der Waals surface area contributed by atoms with Gasteiger partial charge in [-0.05, 0) is 12.1 Å². The van der Waals surface area contributed by atoms with E-state index in [2.05, 4.69) is 21.4 Å². The molecular weight excluding hydrogens is 200 g/mol. The van der Waals surface area contributed by atoms with Crippen molar-refractivity contribution >= 4 is 0 Å². The molecule has 3 aromatic rings. The number of imidazole rings is 1. The molecule has 1 N–H and O–H groups in total. The van der Waals surface area contributed by atoms with Crippen molar-refractivity contribution in [3.63, 3.8) is 0 Å². The summed E-state index contributed by atoms with van der Waals surface area (Å²) in [5.74, 6) is 0. The second kappa shape index (κ2) is 3.66. The predicted octanol–water partition coefficient (Wildman–Crippen LogP) is 2.06. The molecule has 0 amide bonds. The summed E-state index contributed by atoms with van der Waals surface area (Å²) in [6.45, 7) is 0. The van der Waals surface area contributed by atoms with Crippen molar-refractivity contribution in [2.75, 3.05) is 0 Å². The van der Waals surface area contributed by atoms with Gasteiger partial charge in [-0.1, -0.05) is 18.2 Å². The van der Waals surface area contributed by atoms with Crippen LogP contribution in [0.15, 0.2) is 48.9 Å². The van der Waals surface area contributed by atoms with Gasteiger partial charge in [0.1, 0.15) is 0 Å². The first-order chi connectivity index (χ1) is 7.93. The van der Waals surface area contributed by atoms with Crippen molar-refractivity contribution in [1.29, 1.82) is 0 Å². The number of benzene rings is 1. The van der Waals surface area contributed by atoms with Crippen LogP contribution in [0.2, 0.25) is 0 Å². The molecule has 2 heterocycles. The lowest BCUT2D eigenvalue weighted by Crippen LogP contribution is -1.92. The third-order valence-corrected chi connectivity index (χ3v) is 2.35. The molecule has 16 heavy (non-hydrogen) atoms. The molecule has 0 aliphatic carbocycles. The highest BCUT2D eigenvalue weighted by atomic mass is 15.3. The van der Waals surface area contributed by atoms with Crippen molar-refractivity contribution in [3.05, 3.63) is 55.2 Å². The van der Waals surface area contributed by atoms with Crippen LogP contribution in [0.25, 0.3) is 16.9 Å². The first-order valence-corrected chi connectivity index (χ1v) is 4.95. The van der Waals surface area contributed by atoms with Crippen LogP contribution in [0.4, 0.5) is 0 Å². The first kappa shape index (κ1) is 8.91. The molecule has 1 radical (unpaired) electrons. The van der Waals surface area contributed by atoms with Crippen LogP contribution in [0.1, 0.15) is 0 Å². The van der Waals surface area contributed by atoms with Gasteiger partial charge in [0.05, 0.1) is 17.6 Å². The summed E-state index contributed by atoms with van der Waals surface area (Å²) in [5.41, 5.74) is 2.86. The summed E-state index contributed by atoms with van der Waals surface area (Å²) in [5, 5.41) is 4.29. The molecule has 0 aliphatic heterocycles. The van der Waals surface area contributed by atoms with E-state index in [0.717, 1.165) is 16.9 Å². The lowest BCUT2D eigenvalue weighted by molar-refractivity contribution is 0.881. The fraction of sp³-hybridized carbons (Fsp3) is 0. The molecule has 4 nitrogen and oxygen atoms in total. The number of para-hydroxylation sites is 1. The van der Waals surface area contributed by atoms with Gasteiger partial charge in [-0.2, -0.15) is 5.10 Å². The Hall–Kier alpha value is -2.36. The Morgan fingerprint density at radius 1 is 1.19 bits per heavy atom. The molecule has 0 unspecified atom stereocenters. The highest BCUT2D eigenvalue weighted by Gasteiger charge is 2.04. The molecule has 0 saturated carbocycles. The van der Waals surface area contributed by atoms with Gasteiger partial charge in [0.15, 0.2) is 6.33 Å². The number of aromatic amines is 1. The van der Waals surface area contributed by atoms with E-state index in [-0.39, 0.29) is 0 Å². The molecule has 0 saturated heterocycles. The number of nitrogens with zero attached hydrogens (tertiary/aromatic N) is 3. The molecule has 4 heteroatoms. The van der Waals surface area contributed by atoms with Gasteiger partial charge in [0, 0.05) is 18.0 Å². The highest BCUT2D eigenvalue weighted by Crippen LogP contribution is 2.16. The van der Waals surface area contributed by atoms with E-state index >= 15 is 0 Å². The molecular formula is C12H9N4. The minimum Gasteiger partial charge on any atom is -0.341 e. The van der Waals surface area contributed by atoms with Crippen molar-refractivity contribution < 1.29 is 0 Å². The Bertz CT molecular complexity index is 566. The predicted molar refractivity (Wildman–Crippen MR) is 60.0 cm³/mol. The summed E-state index contributed by atoms with van der Waals surface area (Å²) in [4.78, 5) is 6.86. The van der Waals surface area contributed by atoms with Crippen molar-refractivity contribution in [2.24, 2.45) is 0 Å². The molecule has 2 aromatic heterocycles. The van der Waals surface area contributed by atoms with Gasteiger partial charge in [-0.25, -0.2) is 9.67 Å². The largest absolute Gasteiger partial charge is 0.341 e. The Balaban J connectivity index is 2.00. The van der Waals surface area contributed by atoms with Crippen LogP contribution < -0.4 is 0 Å². The number of aromatic nitrogens is 4. The molecule has 0 bridgehead atoms. The van der Waals surface area contributed by atoms with Crippen LogP contribution in [0.5, 0.6) is 0 Å². The number of H-pyrrole nitrogens is 1. The zero-order valence-electron chi connectivity index (χ0n) is 8.46. The molecule has 0 fully saturated rings. The van der Waals surface area contributed by atoms with Gasteiger partial charge in [0.25, 0.3) is 0 Å². The van der Waals surface area contributed by atoms with E-state index in [1.54, 1.807) is 12.4 Å². The maximum atomic E-state index is 4.29. The third kappa shape index (κ3) is 1.50. The van der Waals surface area contributed by atoms with Crippen LogP contribution in [-0.2, 0) is 0 Å². The maximum Gasteiger partial charge on any atom is 0.174 e. The average molecular weight is 209 g/mol. The minimum absolute atomic E-state index is 0.849. The van der Waals surface area contributed by atoms with Gasteiger partial charge in [-0.15, -0.1) is 0 Å². The summed E-state index contributed by atoms with van der Waals surface area (Å²) in [6, 6.07) is 9.97. The molecule has 0 atom stereocenters. The van der Waals surface area contributed by atoms with Crippen molar-refractivity contribution in [1.82, 2.24) is 19.7 Å². The van der Waals surface area contributed by atoms with E-state index in [1.807, 2.05) is 41.2 Å². The van der Waals surface area contributed by atoms with Crippen molar-refractivity contribution in [3.8, 4) is 16.9 Å². The zero-order valence-corrected chi connectivity index (χ0v) is 8.46. The average Bonchev–Trinajstić information content (AvgIpc) is 3.01. The monoisotopic (exact) mass is 209 g/mol. The fourth-order valence-electron chi connectivity index (χ4n) is 1.55. The smallest absolute Gasteiger partial charge is 0.174 e. The first-order valence-electron chi connectivity index (χ1n) is 4.95. The fourth-order valence-corrected chi connectivity index (χ4v) is 1.55. The van der Waals surface area contributed by atoms with E-state index in [0.29, 0.717) is 0 Å².